The smallest absolute Gasteiger partial charge is 0.302 e. The van der Waals surface area contributed by atoms with Gasteiger partial charge < -0.3 is 29.8 Å². The second-order valence-electron chi connectivity index (χ2n) is 10.9. The highest BCUT2D eigenvalue weighted by Crippen LogP contribution is 2.47. The summed E-state index contributed by atoms with van der Waals surface area (Å²) in [5.41, 5.74) is 5.02. The minimum absolute atomic E-state index is 0.111. The monoisotopic (exact) mass is 499 g/mol. The van der Waals surface area contributed by atoms with E-state index in [0.29, 0.717) is 0 Å². The summed E-state index contributed by atoms with van der Waals surface area (Å²) in [6, 6.07) is 20.0. The molecular formula is C27H37NO6Si. The minimum atomic E-state index is -2.77. The van der Waals surface area contributed by atoms with Gasteiger partial charge in [-0.05, 0) is 21.8 Å². The predicted octanol–water partition coefficient (Wildman–Crippen LogP) is 1.48. The van der Waals surface area contributed by atoms with Crippen LogP contribution in [0.5, 0.6) is 0 Å². The molecule has 0 bridgehead atoms. The van der Waals surface area contributed by atoms with Crippen molar-refractivity contribution in [2.75, 3.05) is 6.61 Å². The number of benzene rings is 2. The lowest BCUT2D eigenvalue weighted by Gasteiger charge is -2.44. The quantitative estimate of drug-likeness (QED) is 0.286. The number of fused-ring (bicyclic) bond motifs is 1. The van der Waals surface area contributed by atoms with Gasteiger partial charge in [0.1, 0.15) is 23.9 Å². The molecule has 1 aliphatic heterocycles. The van der Waals surface area contributed by atoms with Crippen LogP contribution in [0, 0.1) is 0 Å². The molecule has 190 valence electrons. The van der Waals surface area contributed by atoms with Crippen LogP contribution in [0.1, 0.15) is 40.5 Å². The van der Waals surface area contributed by atoms with Crippen LogP contribution in [-0.2, 0) is 18.7 Å². The molecule has 8 heteroatoms. The first-order valence-corrected chi connectivity index (χ1v) is 14.1. The molecule has 35 heavy (non-hydrogen) atoms. The van der Waals surface area contributed by atoms with Gasteiger partial charge in [0.2, 0.25) is 0 Å². The van der Waals surface area contributed by atoms with Gasteiger partial charge in [0.05, 0.1) is 6.10 Å². The summed E-state index contributed by atoms with van der Waals surface area (Å²) in [4.78, 5) is 11.4. The molecule has 0 unspecified atom stereocenters. The Bertz CT molecular complexity index is 970. The standard InChI is InChI=1S/C27H37NO6Si/c1-18(29)33-22-15-23(30)27(31,25-24(22)34-25)16-19(28)17-32-35(26(2,3)4,20-11-7-5-8-12-20)21-13-9-6-10-14-21/h5-14,19,22-25,30-31H,15-17,28H2,1-4H3/t19-,22+,23-,24-,25-,27+/m0/s1. The van der Waals surface area contributed by atoms with Crippen molar-refractivity contribution < 1.29 is 28.9 Å². The van der Waals surface area contributed by atoms with Gasteiger partial charge in [-0.1, -0.05) is 81.4 Å². The Morgan fingerprint density at radius 3 is 2.17 bits per heavy atom. The van der Waals surface area contributed by atoms with Crippen molar-refractivity contribution in [3.05, 3.63) is 60.7 Å². The largest absolute Gasteiger partial charge is 0.460 e. The van der Waals surface area contributed by atoms with Crippen LogP contribution in [0.3, 0.4) is 0 Å². The van der Waals surface area contributed by atoms with Crippen molar-refractivity contribution in [1.82, 2.24) is 0 Å². The molecule has 1 heterocycles. The maximum atomic E-state index is 11.4. The number of carbonyl (C=O) groups excluding carboxylic acids is 1. The number of rotatable bonds is 8. The number of nitrogens with two attached hydrogens (primary N) is 1. The van der Waals surface area contributed by atoms with Crippen molar-refractivity contribution in [2.24, 2.45) is 5.73 Å². The van der Waals surface area contributed by atoms with Crippen molar-refractivity contribution >= 4 is 24.7 Å². The van der Waals surface area contributed by atoms with Crippen molar-refractivity contribution in [3.63, 3.8) is 0 Å². The zero-order valence-corrected chi connectivity index (χ0v) is 21.9. The maximum absolute atomic E-state index is 11.4. The van der Waals surface area contributed by atoms with Gasteiger partial charge in [0, 0.05) is 26.0 Å². The molecule has 4 N–H and O–H groups in total. The molecule has 1 saturated carbocycles. The first-order valence-electron chi connectivity index (χ1n) is 12.2. The summed E-state index contributed by atoms with van der Waals surface area (Å²) in [7, 11) is -2.77. The predicted molar refractivity (Wildman–Crippen MR) is 136 cm³/mol. The summed E-state index contributed by atoms with van der Waals surface area (Å²) >= 11 is 0. The number of esters is 1. The minimum Gasteiger partial charge on any atom is -0.460 e. The molecule has 0 amide bonds. The number of aliphatic hydroxyl groups excluding tert-OH is 1. The normalized spacial score (nSPS) is 29.2. The fraction of sp³-hybridized carbons (Fsp3) is 0.519. The number of hydrogen-bond donors (Lipinski definition) is 3. The average Bonchev–Trinajstić information content (AvgIpc) is 3.61. The Labute approximate surface area is 208 Å². The third kappa shape index (κ3) is 4.96. The fourth-order valence-electron chi connectivity index (χ4n) is 5.61. The molecule has 6 atom stereocenters. The number of epoxide rings is 1. The Kier molecular flexibility index (Phi) is 7.25. The van der Waals surface area contributed by atoms with Crippen LogP contribution in [0.4, 0.5) is 0 Å². The van der Waals surface area contributed by atoms with Crippen molar-refractivity contribution in [2.45, 2.75) is 81.6 Å². The van der Waals surface area contributed by atoms with Crippen molar-refractivity contribution in [1.29, 1.82) is 0 Å². The van der Waals surface area contributed by atoms with E-state index in [-0.39, 0.29) is 24.5 Å². The first kappa shape index (κ1) is 26.0. The van der Waals surface area contributed by atoms with Gasteiger partial charge in [0.25, 0.3) is 8.32 Å². The SMILES string of the molecule is CC(=O)O[C@@H]1C[C@H](O)[C@](O)(C[C@H](N)CO[Si](c2ccccc2)(c2ccccc2)C(C)(C)C)[C@H]2O[C@@H]12. The maximum Gasteiger partial charge on any atom is 0.302 e. The lowest BCUT2D eigenvalue weighted by molar-refractivity contribution is -0.158. The van der Waals surface area contributed by atoms with E-state index in [4.69, 9.17) is 19.6 Å². The molecule has 1 saturated heterocycles. The molecule has 0 radical (unpaired) electrons. The Balaban J connectivity index is 1.55. The first-order chi connectivity index (χ1) is 16.5. The summed E-state index contributed by atoms with van der Waals surface area (Å²) in [5.74, 6) is -0.433. The number of carbonyl (C=O) groups is 1. The second kappa shape index (κ2) is 9.76. The van der Waals surface area contributed by atoms with E-state index in [1.54, 1.807) is 0 Å². The highest BCUT2D eigenvalue weighted by atomic mass is 28.4. The third-order valence-electron chi connectivity index (χ3n) is 7.25. The van der Waals surface area contributed by atoms with Crippen LogP contribution in [0.25, 0.3) is 0 Å². The molecular weight excluding hydrogens is 462 g/mol. The number of hydrogen-bond acceptors (Lipinski definition) is 7. The zero-order chi connectivity index (χ0) is 25.4. The molecule has 2 aromatic carbocycles. The lowest BCUT2D eigenvalue weighted by atomic mass is 9.77. The molecule has 0 spiro atoms. The van der Waals surface area contributed by atoms with Crippen LogP contribution >= 0.6 is 0 Å². The van der Waals surface area contributed by atoms with Gasteiger partial charge in [-0.15, -0.1) is 0 Å². The number of ether oxygens (including phenoxy) is 2. The van der Waals surface area contributed by atoms with Gasteiger partial charge in [0.15, 0.2) is 0 Å². The van der Waals surface area contributed by atoms with Crippen molar-refractivity contribution in [3.8, 4) is 0 Å². The molecule has 0 aromatic heterocycles. The van der Waals surface area contributed by atoms with Crippen LogP contribution in [0.2, 0.25) is 5.04 Å². The Morgan fingerprint density at radius 2 is 1.69 bits per heavy atom. The summed E-state index contributed by atoms with van der Waals surface area (Å²) < 4.78 is 17.8. The van der Waals surface area contributed by atoms with Crippen LogP contribution < -0.4 is 16.1 Å². The van der Waals surface area contributed by atoms with E-state index in [2.05, 4.69) is 45.0 Å². The Morgan fingerprint density at radius 1 is 1.14 bits per heavy atom. The van der Waals surface area contributed by atoms with Crippen LogP contribution in [-0.4, -0.2) is 67.2 Å². The van der Waals surface area contributed by atoms with E-state index < -0.39 is 50.3 Å². The second-order valence-corrected chi connectivity index (χ2v) is 15.2. The van der Waals surface area contributed by atoms with Gasteiger partial charge in [-0.25, -0.2) is 0 Å². The highest BCUT2D eigenvalue weighted by Gasteiger charge is 2.65. The van der Waals surface area contributed by atoms with Gasteiger partial charge in [-0.3, -0.25) is 4.79 Å². The molecule has 2 aromatic rings. The summed E-state index contributed by atoms with van der Waals surface area (Å²) in [6.45, 7) is 8.12. The molecule has 7 nitrogen and oxygen atoms in total. The third-order valence-corrected chi connectivity index (χ3v) is 12.3. The lowest BCUT2D eigenvalue weighted by Crippen LogP contribution is -2.67. The molecule has 2 aliphatic rings. The molecule has 2 fully saturated rings. The molecule has 1 aliphatic carbocycles. The van der Waals surface area contributed by atoms with Crippen LogP contribution in [0.15, 0.2) is 60.7 Å². The van der Waals surface area contributed by atoms with E-state index in [0.717, 1.165) is 10.4 Å². The van der Waals surface area contributed by atoms with E-state index in [1.807, 2.05) is 36.4 Å². The summed E-state index contributed by atoms with van der Waals surface area (Å²) in [5, 5.41) is 24.2. The van der Waals surface area contributed by atoms with Gasteiger partial charge in [-0.2, -0.15) is 0 Å². The topological polar surface area (TPSA) is 115 Å². The van der Waals surface area contributed by atoms with E-state index >= 15 is 0 Å². The average molecular weight is 500 g/mol. The number of aliphatic hydroxyl groups is 2. The van der Waals surface area contributed by atoms with E-state index in [9.17, 15) is 15.0 Å². The highest BCUT2D eigenvalue weighted by molar-refractivity contribution is 6.99. The zero-order valence-electron chi connectivity index (χ0n) is 20.9. The fourth-order valence-corrected chi connectivity index (χ4v) is 10.2. The van der Waals surface area contributed by atoms with E-state index in [1.165, 1.54) is 6.92 Å². The van der Waals surface area contributed by atoms with Gasteiger partial charge >= 0.3 is 5.97 Å². The Hall–Kier alpha value is -2.07. The molecule has 4 rings (SSSR count). The summed E-state index contributed by atoms with van der Waals surface area (Å²) in [6.07, 6.45) is -2.49.